The Kier molecular flexibility index (Phi) is 4.16. The average molecular weight is 387 g/mol. The minimum atomic E-state index is 0.542. The average Bonchev–Trinajstić information content (AvgIpc) is 2.92. The summed E-state index contributed by atoms with van der Waals surface area (Å²) < 4.78 is 8.48. The first-order chi connectivity index (χ1) is 11.7. The number of nitrogens with zero attached hydrogens (tertiary/aromatic N) is 3. The third-order valence-electron chi connectivity index (χ3n) is 4.39. The molecule has 24 heavy (non-hydrogen) atoms. The molecule has 5 nitrogen and oxygen atoms in total. The van der Waals surface area contributed by atoms with Gasteiger partial charge in [0.2, 0.25) is 5.95 Å². The van der Waals surface area contributed by atoms with Crippen molar-refractivity contribution in [2.45, 2.75) is 6.54 Å². The van der Waals surface area contributed by atoms with Gasteiger partial charge in [-0.25, -0.2) is 4.98 Å². The summed E-state index contributed by atoms with van der Waals surface area (Å²) in [5.41, 5.74) is 10.5. The lowest BCUT2D eigenvalue weighted by atomic mass is 10.2. The molecular weight excluding hydrogens is 368 g/mol. The second-order valence-electron chi connectivity index (χ2n) is 5.96. The van der Waals surface area contributed by atoms with E-state index in [1.807, 2.05) is 16.7 Å². The Labute approximate surface area is 149 Å². The van der Waals surface area contributed by atoms with Crippen LogP contribution in [0.2, 0.25) is 0 Å². The molecule has 0 aliphatic carbocycles. The van der Waals surface area contributed by atoms with Crippen molar-refractivity contribution in [3.05, 3.63) is 52.5 Å². The Bertz CT molecular complexity index is 853. The lowest BCUT2D eigenvalue weighted by molar-refractivity contribution is 0.122. The van der Waals surface area contributed by atoms with Crippen LogP contribution in [0.5, 0.6) is 0 Å². The number of imidazole rings is 1. The van der Waals surface area contributed by atoms with Crippen molar-refractivity contribution in [1.82, 2.24) is 9.55 Å². The number of morpholine rings is 1. The number of nitrogen functional groups attached to an aromatic ring is 1. The molecule has 4 rings (SSSR count). The van der Waals surface area contributed by atoms with Gasteiger partial charge in [0, 0.05) is 23.2 Å². The molecule has 1 saturated heterocycles. The minimum absolute atomic E-state index is 0.542. The normalized spacial score (nSPS) is 15.1. The van der Waals surface area contributed by atoms with Gasteiger partial charge in [-0.1, -0.05) is 28.1 Å². The third kappa shape index (κ3) is 2.99. The van der Waals surface area contributed by atoms with Crippen LogP contribution >= 0.6 is 15.9 Å². The molecule has 3 aromatic rings. The molecular formula is C18H19BrN4O. The first-order valence-electron chi connectivity index (χ1n) is 8.03. The molecule has 0 saturated carbocycles. The number of rotatable bonds is 3. The molecule has 1 fully saturated rings. The minimum Gasteiger partial charge on any atom is -0.378 e. The maximum Gasteiger partial charge on any atom is 0.201 e. The third-order valence-corrected chi connectivity index (χ3v) is 4.89. The highest BCUT2D eigenvalue weighted by atomic mass is 79.9. The van der Waals surface area contributed by atoms with E-state index in [9.17, 15) is 0 Å². The number of hydrogen-bond donors (Lipinski definition) is 1. The molecule has 124 valence electrons. The summed E-state index contributed by atoms with van der Waals surface area (Å²) in [6.45, 7) is 4.21. The largest absolute Gasteiger partial charge is 0.378 e. The monoisotopic (exact) mass is 386 g/mol. The Morgan fingerprint density at radius 3 is 2.58 bits per heavy atom. The predicted molar refractivity (Wildman–Crippen MR) is 100 cm³/mol. The maximum absolute atomic E-state index is 6.11. The number of benzene rings is 2. The Morgan fingerprint density at radius 2 is 1.83 bits per heavy atom. The van der Waals surface area contributed by atoms with E-state index in [0.29, 0.717) is 12.5 Å². The van der Waals surface area contributed by atoms with E-state index >= 15 is 0 Å². The number of nitrogens with two attached hydrogens (primary N) is 1. The molecule has 1 aromatic heterocycles. The number of fused-ring (bicyclic) bond motifs is 1. The van der Waals surface area contributed by atoms with Crippen molar-refractivity contribution in [3.8, 4) is 0 Å². The fraction of sp³-hybridized carbons (Fsp3) is 0.278. The highest BCUT2D eigenvalue weighted by molar-refractivity contribution is 9.10. The predicted octanol–water partition coefficient (Wildman–Crippen LogP) is 3.27. The van der Waals surface area contributed by atoms with E-state index in [0.717, 1.165) is 41.8 Å². The highest BCUT2D eigenvalue weighted by Gasteiger charge is 2.12. The first-order valence-corrected chi connectivity index (χ1v) is 8.83. The molecule has 0 amide bonds. The van der Waals surface area contributed by atoms with Crippen LogP contribution in [-0.4, -0.2) is 35.9 Å². The van der Waals surface area contributed by atoms with Crippen molar-refractivity contribution in [1.29, 1.82) is 0 Å². The van der Waals surface area contributed by atoms with E-state index in [4.69, 9.17) is 10.5 Å². The zero-order chi connectivity index (χ0) is 16.5. The Morgan fingerprint density at radius 1 is 1.08 bits per heavy atom. The molecule has 1 aliphatic rings. The summed E-state index contributed by atoms with van der Waals surface area (Å²) in [6, 6.07) is 14.7. The van der Waals surface area contributed by atoms with Gasteiger partial charge in [-0.3, -0.25) is 0 Å². The summed E-state index contributed by atoms with van der Waals surface area (Å²) in [5.74, 6) is 0.542. The fourth-order valence-electron chi connectivity index (χ4n) is 3.10. The van der Waals surface area contributed by atoms with Crippen LogP contribution in [0, 0.1) is 0 Å². The van der Waals surface area contributed by atoms with Gasteiger partial charge in [-0.05, 0) is 35.9 Å². The van der Waals surface area contributed by atoms with E-state index < -0.39 is 0 Å². The van der Waals surface area contributed by atoms with Crippen molar-refractivity contribution in [2.75, 3.05) is 36.9 Å². The van der Waals surface area contributed by atoms with Gasteiger partial charge in [-0.15, -0.1) is 0 Å². The zero-order valence-electron chi connectivity index (χ0n) is 13.3. The number of halogens is 1. The van der Waals surface area contributed by atoms with Crippen LogP contribution in [-0.2, 0) is 11.3 Å². The van der Waals surface area contributed by atoms with Crippen molar-refractivity contribution < 1.29 is 4.74 Å². The van der Waals surface area contributed by atoms with Crippen molar-refractivity contribution in [3.63, 3.8) is 0 Å². The summed E-state index contributed by atoms with van der Waals surface area (Å²) in [6.07, 6.45) is 0. The van der Waals surface area contributed by atoms with Crippen molar-refractivity contribution in [2.24, 2.45) is 0 Å². The van der Waals surface area contributed by atoms with Gasteiger partial charge in [-0.2, -0.15) is 0 Å². The number of hydrogen-bond acceptors (Lipinski definition) is 4. The van der Waals surface area contributed by atoms with Crippen LogP contribution in [0.1, 0.15) is 5.56 Å². The maximum atomic E-state index is 6.11. The van der Waals surface area contributed by atoms with E-state index in [1.54, 1.807) is 0 Å². The molecule has 0 spiro atoms. The molecule has 0 radical (unpaired) electrons. The van der Waals surface area contributed by atoms with Crippen LogP contribution in [0.25, 0.3) is 11.0 Å². The smallest absolute Gasteiger partial charge is 0.201 e. The molecule has 2 N–H and O–H groups in total. The van der Waals surface area contributed by atoms with E-state index in [2.05, 4.69) is 56.1 Å². The number of ether oxygens (including phenoxy) is 1. The van der Waals surface area contributed by atoms with Crippen LogP contribution in [0.3, 0.4) is 0 Å². The van der Waals surface area contributed by atoms with Gasteiger partial charge in [0.1, 0.15) is 0 Å². The molecule has 2 heterocycles. The summed E-state index contributed by atoms with van der Waals surface area (Å²) in [4.78, 5) is 6.79. The number of aromatic nitrogens is 2. The highest BCUT2D eigenvalue weighted by Crippen LogP contribution is 2.24. The second-order valence-corrected chi connectivity index (χ2v) is 6.87. The lowest BCUT2D eigenvalue weighted by Gasteiger charge is -2.28. The van der Waals surface area contributed by atoms with Gasteiger partial charge >= 0.3 is 0 Å². The summed E-state index contributed by atoms with van der Waals surface area (Å²) in [7, 11) is 0. The quantitative estimate of drug-likeness (QED) is 0.750. The summed E-state index contributed by atoms with van der Waals surface area (Å²) in [5, 5.41) is 0. The topological polar surface area (TPSA) is 56.3 Å². The Hall–Kier alpha value is -2.05. The SMILES string of the molecule is Nc1nc2ccc(Br)cc2n1Cc1ccc(N2CCOCC2)cc1. The Balaban J connectivity index is 1.59. The molecule has 2 aromatic carbocycles. The van der Waals surface area contributed by atoms with E-state index in [1.165, 1.54) is 11.3 Å². The number of anilines is 2. The molecule has 0 bridgehead atoms. The molecule has 6 heteroatoms. The van der Waals surface area contributed by atoms with Crippen molar-refractivity contribution >= 4 is 38.6 Å². The fourth-order valence-corrected chi connectivity index (χ4v) is 3.45. The standard InChI is InChI=1S/C18H19BrN4O/c19-14-3-6-16-17(11-14)23(18(20)21-16)12-13-1-4-15(5-2-13)22-7-9-24-10-8-22/h1-6,11H,7-10,12H2,(H2,20,21). The van der Waals surface area contributed by atoms with Gasteiger partial charge in [0.25, 0.3) is 0 Å². The molecule has 1 aliphatic heterocycles. The zero-order valence-corrected chi connectivity index (χ0v) is 14.9. The second kappa shape index (κ2) is 6.45. The van der Waals surface area contributed by atoms with Gasteiger partial charge < -0.3 is 19.9 Å². The summed E-state index contributed by atoms with van der Waals surface area (Å²) >= 11 is 3.52. The lowest BCUT2D eigenvalue weighted by Crippen LogP contribution is -2.36. The van der Waals surface area contributed by atoms with E-state index in [-0.39, 0.29) is 0 Å². The molecule has 0 atom stereocenters. The van der Waals surface area contributed by atoms with Gasteiger partial charge in [0.05, 0.1) is 30.8 Å². The van der Waals surface area contributed by atoms with Crippen LogP contribution in [0.15, 0.2) is 46.9 Å². The molecule has 0 unspecified atom stereocenters. The van der Waals surface area contributed by atoms with Crippen LogP contribution in [0.4, 0.5) is 11.6 Å². The van der Waals surface area contributed by atoms with Gasteiger partial charge in [0.15, 0.2) is 0 Å². The van der Waals surface area contributed by atoms with Crippen LogP contribution < -0.4 is 10.6 Å². The first kappa shape index (κ1) is 15.5.